The molecule has 0 saturated carbocycles. The number of carboxylic acids is 1. The van der Waals surface area contributed by atoms with Crippen molar-refractivity contribution in [3.63, 3.8) is 0 Å². The Kier molecular flexibility index (Phi) is 8.43. The van der Waals surface area contributed by atoms with E-state index in [0.29, 0.717) is 17.8 Å². The van der Waals surface area contributed by atoms with Crippen LogP contribution in [0.3, 0.4) is 0 Å². The molecular weight excluding hydrogens is 544 g/mol. The second kappa shape index (κ2) is 11.3. The molecule has 1 amide bonds. The van der Waals surface area contributed by atoms with Gasteiger partial charge in [0, 0.05) is 17.4 Å². The van der Waals surface area contributed by atoms with Gasteiger partial charge in [0.25, 0.3) is 0 Å². The first-order valence-corrected chi connectivity index (χ1v) is 12.5. The Bertz CT molecular complexity index is 1260. The van der Waals surface area contributed by atoms with Crippen LogP contribution >= 0.6 is 15.9 Å². The van der Waals surface area contributed by atoms with Crippen molar-refractivity contribution in [3.8, 4) is 0 Å². The van der Waals surface area contributed by atoms with Crippen molar-refractivity contribution in [2.45, 2.75) is 29.9 Å². The van der Waals surface area contributed by atoms with Crippen LogP contribution in [0.4, 0.5) is 5.69 Å². The highest BCUT2D eigenvalue weighted by Gasteiger charge is 2.29. The third-order valence-corrected chi connectivity index (χ3v) is 7.31. The summed E-state index contributed by atoms with van der Waals surface area (Å²) < 4.78 is 27.5. The fourth-order valence-corrected chi connectivity index (χ4v) is 5.37. The SMILES string of the molecule is NC(N)=Nc1ccc(C2=NO[C@H](CC(=O)NC[C@H](NS(=O)(=O)c3ccccc3Br)C(=O)O)C2)cc1. The first kappa shape index (κ1) is 26.1. The van der Waals surface area contributed by atoms with E-state index in [0.717, 1.165) is 5.56 Å². The number of oxime groups is 1. The van der Waals surface area contributed by atoms with Crippen molar-refractivity contribution >= 4 is 55.2 Å². The topological polar surface area (TPSA) is 199 Å². The second-order valence-corrected chi connectivity index (χ2v) is 10.0. The molecule has 2 aromatic rings. The van der Waals surface area contributed by atoms with E-state index in [1.807, 2.05) is 0 Å². The molecule has 14 heteroatoms. The molecule has 2 atom stereocenters. The van der Waals surface area contributed by atoms with E-state index in [-0.39, 0.29) is 21.7 Å². The van der Waals surface area contributed by atoms with Crippen molar-refractivity contribution < 1.29 is 28.0 Å². The lowest BCUT2D eigenvalue weighted by Crippen LogP contribution is -2.48. The van der Waals surface area contributed by atoms with Gasteiger partial charge < -0.3 is 26.7 Å². The fourth-order valence-electron chi connectivity index (χ4n) is 3.17. The lowest BCUT2D eigenvalue weighted by atomic mass is 10.0. The molecule has 0 bridgehead atoms. The average molecular weight is 567 g/mol. The van der Waals surface area contributed by atoms with Crippen LogP contribution in [0.5, 0.6) is 0 Å². The number of nitrogens with one attached hydrogen (secondary N) is 2. The van der Waals surface area contributed by atoms with E-state index in [9.17, 15) is 23.1 Å². The summed E-state index contributed by atoms with van der Waals surface area (Å²) in [6.07, 6.45) is -0.295. The summed E-state index contributed by atoms with van der Waals surface area (Å²) in [5, 5.41) is 15.9. The van der Waals surface area contributed by atoms with Gasteiger partial charge in [-0.2, -0.15) is 4.72 Å². The van der Waals surface area contributed by atoms with Crippen LogP contribution in [0.2, 0.25) is 0 Å². The molecular formula is C21H23BrN6O6S. The van der Waals surface area contributed by atoms with Gasteiger partial charge in [-0.15, -0.1) is 0 Å². The molecule has 35 heavy (non-hydrogen) atoms. The first-order chi connectivity index (χ1) is 16.5. The van der Waals surface area contributed by atoms with Gasteiger partial charge in [-0.05, 0) is 45.8 Å². The van der Waals surface area contributed by atoms with Crippen LogP contribution in [0.25, 0.3) is 0 Å². The summed E-state index contributed by atoms with van der Waals surface area (Å²) in [4.78, 5) is 33.1. The number of carbonyl (C=O) groups excluding carboxylic acids is 1. The first-order valence-electron chi connectivity index (χ1n) is 10.2. The van der Waals surface area contributed by atoms with Gasteiger partial charge in [0.2, 0.25) is 15.9 Å². The Labute approximate surface area is 209 Å². The molecule has 0 aliphatic carbocycles. The minimum Gasteiger partial charge on any atom is -0.480 e. The molecule has 7 N–H and O–H groups in total. The van der Waals surface area contributed by atoms with Gasteiger partial charge in [-0.3, -0.25) is 9.59 Å². The third-order valence-electron chi connectivity index (χ3n) is 4.83. The lowest BCUT2D eigenvalue weighted by Gasteiger charge is -2.17. The van der Waals surface area contributed by atoms with Gasteiger partial charge in [-0.1, -0.05) is 29.4 Å². The molecule has 0 aromatic heterocycles. The summed E-state index contributed by atoms with van der Waals surface area (Å²) in [5.41, 5.74) is 12.7. The number of guanidine groups is 1. The van der Waals surface area contributed by atoms with Gasteiger partial charge >= 0.3 is 5.97 Å². The molecule has 0 saturated heterocycles. The molecule has 1 heterocycles. The lowest BCUT2D eigenvalue weighted by molar-refractivity contribution is -0.138. The van der Waals surface area contributed by atoms with E-state index < -0.39 is 40.6 Å². The molecule has 3 rings (SSSR count). The summed E-state index contributed by atoms with van der Waals surface area (Å²) in [6.45, 7) is -0.454. The Balaban J connectivity index is 1.52. The molecule has 0 spiro atoms. The maximum absolute atomic E-state index is 12.6. The van der Waals surface area contributed by atoms with E-state index in [4.69, 9.17) is 16.3 Å². The standard InChI is InChI=1S/C21H23BrN6O6S/c22-15-3-1-2-4-18(15)35(32,33)28-17(20(30)31)11-25-19(29)10-14-9-16(27-34-14)12-5-7-13(8-6-12)26-21(23)24/h1-8,14,17,28H,9-11H2,(H,25,29)(H,30,31)(H4,23,24,26)/t14-,17-/m0/s1. The second-order valence-electron chi connectivity index (χ2n) is 7.50. The third kappa shape index (κ3) is 7.24. The number of hydrogen-bond donors (Lipinski definition) is 5. The highest BCUT2D eigenvalue weighted by atomic mass is 79.9. The number of carbonyl (C=O) groups is 2. The largest absolute Gasteiger partial charge is 0.480 e. The summed E-state index contributed by atoms with van der Waals surface area (Å²) >= 11 is 3.13. The monoisotopic (exact) mass is 566 g/mol. The van der Waals surface area contributed by atoms with Crippen LogP contribution in [0, 0.1) is 0 Å². The minimum absolute atomic E-state index is 0.0590. The predicted molar refractivity (Wildman–Crippen MR) is 131 cm³/mol. The average Bonchev–Trinajstić information content (AvgIpc) is 3.25. The number of benzene rings is 2. The summed E-state index contributed by atoms with van der Waals surface area (Å²) in [7, 11) is -4.15. The van der Waals surface area contributed by atoms with Crippen LogP contribution in [-0.2, 0) is 24.4 Å². The van der Waals surface area contributed by atoms with Gasteiger partial charge in [-0.25, -0.2) is 13.4 Å². The molecule has 1 aliphatic rings. The number of sulfonamides is 1. The van der Waals surface area contributed by atoms with Gasteiger partial charge in [0.1, 0.15) is 12.1 Å². The van der Waals surface area contributed by atoms with E-state index in [1.165, 1.54) is 18.2 Å². The summed E-state index contributed by atoms with van der Waals surface area (Å²) in [5.74, 6) is -2.01. The summed E-state index contributed by atoms with van der Waals surface area (Å²) in [6, 6.07) is 11.3. The van der Waals surface area contributed by atoms with Gasteiger partial charge in [0.05, 0.1) is 22.7 Å². The smallest absolute Gasteiger partial charge is 0.323 e. The van der Waals surface area contributed by atoms with E-state index in [1.54, 1.807) is 30.3 Å². The minimum atomic E-state index is -4.15. The number of rotatable bonds is 10. The molecule has 12 nitrogen and oxygen atoms in total. The number of halogens is 1. The number of aliphatic carboxylic acids is 1. The van der Waals surface area contributed by atoms with Crippen molar-refractivity contribution in [3.05, 3.63) is 58.6 Å². The molecule has 0 radical (unpaired) electrons. The Morgan fingerprint density at radius 3 is 2.51 bits per heavy atom. The fraction of sp³-hybridized carbons (Fsp3) is 0.238. The quantitative estimate of drug-likeness (QED) is 0.205. The van der Waals surface area contributed by atoms with Crippen molar-refractivity contribution in [1.82, 2.24) is 10.0 Å². The number of aliphatic imine (C=N–C) groups is 1. The maximum atomic E-state index is 12.6. The van der Waals surface area contributed by atoms with Crippen LogP contribution < -0.4 is 21.5 Å². The number of carboxylic acid groups (broad SMARTS) is 1. The zero-order valence-corrected chi connectivity index (χ0v) is 20.6. The van der Waals surface area contributed by atoms with Gasteiger partial charge in [0.15, 0.2) is 5.96 Å². The van der Waals surface area contributed by atoms with Crippen LogP contribution in [0.1, 0.15) is 18.4 Å². The Morgan fingerprint density at radius 1 is 1.20 bits per heavy atom. The van der Waals surface area contributed by atoms with Crippen molar-refractivity contribution in [1.29, 1.82) is 0 Å². The van der Waals surface area contributed by atoms with Crippen molar-refractivity contribution in [2.75, 3.05) is 6.54 Å². The molecule has 1 aliphatic heterocycles. The van der Waals surface area contributed by atoms with Crippen molar-refractivity contribution in [2.24, 2.45) is 21.6 Å². The zero-order chi connectivity index (χ0) is 25.6. The number of nitrogens with two attached hydrogens (primary N) is 2. The highest BCUT2D eigenvalue weighted by molar-refractivity contribution is 9.10. The highest BCUT2D eigenvalue weighted by Crippen LogP contribution is 2.22. The molecule has 0 unspecified atom stereocenters. The van der Waals surface area contributed by atoms with E-state index >= 15 is 0 Å². The number of nitrogens with zero attached hydrogens (tertiary/aromatic N) is 2. The Morgan fingerprint density at radius 2 is 1.89 bits per heavy atom. The van der Waals surface area contributed by atoms with E-state index in [2.05, 4.69) is 36.1 Å². The molecule has 186 valence electrons. The molecule has 2 aromatic carbocycles. The van der Waals surface area contributed by atoms with Crippen LogP contribution in [0.15, 0.2) is 68.0 Å². The van der Waals surface area contributed by atoms with Crippen LogP contribution in [-0.4, -0.2) is 55.8 Å². The number of amides is 1. The molecule has 0 fully saturated rings. The Hall–Kier alpha value is -3.49. The number of hydrogen-bond acceptors (Lipinski definition) is 7. The zero-order valence-electron chi connectivity index (χ0n) is 18.2. The predicted octanol–water partition coefficient (Wildman–Crippen LogP) is 0.785. The maximum Gasteiger partial charge on any atom is 0.323 e. The normalized spacial score (nSPS) is 16.0.